The van der Waals surface area contributed by atoms with Gasteiger partial charge in [-0.05, 0) is 131 Å². The van der Waals surface area contributed by atoms with Crippen LogP contribution in [0.1, 0.15) is 60.0 Å². The third-order valence-electron chi connectivity index (χ3n) is 10.2. The Morgan fingerprint density at radius 2 is 1.59 bits per heavy atom. The lowest BCUT2D eigenvalue weighted by molar-refractivity contribution is 0.0601. The van der Waals surface area contributed by atoms with Gasteiger partial charge in [-0.25, -0.2) is 0 Å². The first-order chi connectivity index (χ1) is 25.0. The minimum Gasteiger partial charge on any atom is -0.493 e. The van der Waals surface area contributed by atoms with Crippen LogP contribution in [-0.2, 0) is 6.61 Å². The smallest absolute Gasteiger partial charge is 0.195 e. The molecule has 7 nitrogen and oxygen atoms in total. The number of likely N-dealkylation sites (tertiary alicyclic amines) is 1. The number of nitrogens with zero attached hydrogens (tertiary/aromatic N) is 2. The van der Waals surface area contributed by atoms with E-state index in [4.69, 9.17) is 18.9 Å². The molecule has 2 fully saturated rings. The predicted octanol–water partition coefficient (Wildman–Crippen LogP) is 9.11. The van der Waals surface area contributed by atoms with Gasteiger partial charge < -0.3 is 23.8 Å². The second-order valence-corrected chi connectivity index (χ2v) is 14.9. The minimum atomic E-state index is -0.0613. The molecule has 0 bridgehead atoms. The Morgan fingerprint density at radius 3 is 2.35 bits per heavy atom. The molecule has 8 heteroatoms. The lowest BCUT2D eigenvalue weighted by atomic mass is 9.91. The number of ketones is 1. The van der Waals surface area contributed by atoms with Gasteiger partial charge in [0.15, 0.2) is 17.3 Å². The number of ether oxygens (including phenoxy) is 4. The van der Waals surface area contributed by atoms with Crippen molar-refractivity contribution in [2.75, 3.05) is 47.4 Å². The fraction of sp³-hybridized carbons (Fsp3) is 0.372. The predicted molar refractivity (Wildman–Crippen MR) is 206 cm³/mol. The normalized spacial score (nSPS) is 17.9. The Kier molecular flexibility index (Phi) is 11.2. The van der Waals surface area contributed by atoms with E-state index in [-0.39, 0.29) is 11.9 Å². The molecule has 0 N–H and O–H groups in total. The van der Waals surface area contributed by atoms with Gasteiger partial charge >= 0.3 is 0 Å². The number of benzene rings is 4. The largest absolute Gasteiger partial charge is 0.493 e. The van der Waals surface area contributed by atoms with Crippen molar-refractivity contribution in [3.63, 3.8) is 0 Å². The topological polar surface area (TPSA) is 60.5 Å². The third kappa shape index (κ3) is 8.25. The first-order valence-electron chi connectivity index (χ1n) is 18.2. The molecule has 5 aromatic rings. The average molecular weight is 705 g/mol. The summed E-state index contributed by atoms with van der Waals surface area (Å²) in [5.74, 6) is 2.77. The van der Waals surface area contributed by atoms with E-state index in [2.05, 4.69) is 48.2 Å². The van der Waals surface area contributed by atoms with Gasteiger partial charge in [0.05, 0.1) is 7.11 Å². The van der Waals surface area contributed by atoms with Crippen molar-refractivity contribution in [1.29, 1.82) is 0 Å². The van der Waals surface area contributed by atoms with Gasteiger partial charge in [0.25, 0.3) is 0 Å². The monoisotopic (exact) mass is 704 g/mol. The van der Waals surface area contributed by atoms with Crippen LogP contribution in [0.15, 0.2) is 91.0 Å². The van der Waals surface area contributed by atoms with Crippen molar-refractivity contribution in [2.24, 2.45) is 0 Å². The number of methoxy groups -OCH3 is 1. The lowest BCUT2D eigenvalue weighted by Crippen LogP contribution is -2.44. The number of rotatable bonds is 14. The molecule has 1 saturated heterocycles. The molecule has 0 radical (unpaired) electrons. The second-order valence-electron chi connectivity index (χ2n) is 13.8. The summed E-state index contributed by atoms with van der Waals surface area (Å²) in [6.07, 6.45) is 7.07. The molecule has 1 aromatic heterocycles. The molecule has 0 unspecified atom stereocenters. The van der Waals surface area contributed by atoms with E-state index in [1.165, 1.54) is 19.3 Å². The fourth-order valence-electron chi connectivity index (χ4n) is 7.36. The van der Waals surface area contributed by atoms with Crippen molar-refractivity contribution in [1.82, 2.24) is 9.80 Å². The van der Waals surface area contributed by atoms with Crippen LogP contribution >= 0.6 is 11.3 Å². The van der Waals surface area contributed by atoms with Crippen molar-refractivity contribution in [3.8, 4) is 33.4 Å². The summed E-state index contributed by atoms with van der Waals surface area (Å²) in [7, 11) is 5.86. The zero-order chi connectivity index (χ0) is 35.2. The third-order valence-corrected chi connectivity index (χ3v) is 11.4. The molecule has 0 spiro atoms. The Labute approximate surface area is 305 Å². The highest BCUT2D eigenvalue weighted by Gasteiger charge is 2.30. The minimum absolute atomic E-state index is 0.0613. The van der Waals surface area contributed by atoms with Crippen molar-refractivity contribution >= 4 is 27.2 Å². The van der Waals surface area contributed by atoms with Crippen molar-refractivity contribution in [3.05, 3.63) is 108 Å². The zero-order valence-corrected chi connectivity index (χ0v) is 30.8. The number of hydrogen-bond acceptors (Lipinski definition) is 8. The quantitative estimate of drug-likeness (QED) is 0.107. The summed E-state index contributed by atoms with van der Waals surface area (Å²) >= 11 is 1.61. The molecule has 4 aromatic carbocycles. The number of fused-ring (bicyclic) bond motifs is 1. The summed E-state index contributed by atoms with van der Waals surface area (Å²) in [5.41, 5.74) is 3.30. The molecule has 7 rings (SSSR count). The maximum absolute atomic E-state index is 14.6. The van der Waals surface area contributed by atoms with Gasteiger partial charge in [-0.2, -0.15) is 0 Å². The molecular weight excluding hydrogens is 657 g/mol. The fourth-order valence-corrected chi connectivity index (χ4v) is 8.59. The highest BCUT2D eigenvalue weighted by atomic mass is 32.1. The van der Waals surface area contributed by atoms with E-state index in [1.807, 2.05) is 66.7 Å². The molecule has 1 aliphatic carbocycles. The zero-order valence-electron chi connectivity index (χ0n) is 29.9. The standard InChI is InChI=1S/C43H48N2O5S/c1-44(2)36-13-7-8-14-37(36)50-38-22-17-32(27-39(38)47-3)42(46)41-35-21-20-34(49-29-30-11-5-4-6-12-30)28-40(35)51-43(41)31-15-18-33(19-16-31)48-26-25-45-23-9-10-24-45/h4-6,11-12,15-22,27-28,36-37H,7-10,13-14,23-26,29H2,1-3H3/t36-,37-/m1/s1. The molecule has 1 aliphatic heterocycles. The molecule has 51 heavy (non-hydrogen) atoms. The van der Waals surface area contributed by atoms with E-state index in [0.29, 0.717) is 41.9 Å². The van der Waals surface area contributed by atoms with Crippen LogP contribution in [0, 0.1) is 0 Å². The Morgan fingerprint density at radius 1 is 0.824 bits per heavy atom. The summed E-state index contributed by atoms with van der Waals surface area (Å²) < 4.78 is 25.7. The molecule has 2 atom stereocenters. The van der Waals surface area contributed by atoms with Gasteiger partial charge in [-0.1, -0.05) is 36.8 Å². The van der Waals surface area contributed by atoms with Crippen molar-refractivity contribution in [2.45, 2.75) is 57.3 Å². The highest BCUT2D eigenvalue weighted by Crippen LogP contribution is 2.43. The van der Waals surface area contributed by atoms with Crippen LogP contribution in [0.4, 0.5) is 0 Å². The van der Waals surface area contributed by atoms with Gasteiger partial charge in [-0.3, -0.25) is 9.69 Å². The van der Waals surface area contributed by atoms with Crippen LogP contribution in [-0.4, -0.2) is 75.2 Å². The van der Waals surface area contributed by atoms with Crippen molar-refractivity contribution < 1.29 is 23.7 Å². The summed E-state index contributed by atoms with van der Waals surface area (Å²) in [6, 6.07) is 30.2. The second kappa shape index (κ2) is 16.3. The highest BCUT2D eigenvalue weighted by molar-refractivity contribution is 7.22. The summed E-state index contributed by atoms with van der Waals surface area (Å²) in [4.78, 5) is 20.2. The molecular formula is C43H48N2O5S. The first-order valence-corrected chi connectivity index (χ1v) is 19.0. The SMILES string of the molecule is COc1cc(C(=O)c2c(-c3ccc(OCCN4CCCC4)cc3)sc3cc(OCc4ccccc4)ccc23)ccc1O[C@@H]1CCCC[C@H]1N(C)C. The van der Waals surface area contributed by atoms with Crippen LogP contribution in [0.2, 0.25) is 0 Å². The molecule has 0 amide bonds. The van der Waals surface area contributed by atoms with Crippen LogP contribution in [0.3, 0.4) is 0 Å². The number of carbonyl (C=O) groups excluding carboxylic acids is 1. The molecule has 1 saturated carbocycles. The number of thiophene rings is 1. The maximum atomic E-state index is 14.6. The maximum Gasteiger partial charge on any atom is 0.195 e. The summed E-state index contributed by atoms with van der Waals surface area (Å²) in [5, 5.41) is 0.897. The van der Waals surface area contributed by atoms with E-state index >= 15 is 0 Å². The lowest BCUT2D eigenvalue weighted by Gasteiger charge is -2.36. The van der Waals surface area contributed by atoms with Crippen LogP contribution < -0.4 is 18.9 Å². The summed E-state index contributed by atoms with van der Waals surface area (Å²) in [6.45, 7) is 4.39. The van der Waals surface area contributed by atoms with E-state index in [9.17, 15) is 4.79 Å². The first kappa shape index (κ1) is 35.1. The number of likely N-dealkylation sites (N-methyl/N-ethyl adjacent to an activating group) is 1. The van der Waals surface area contributed by atoms with Gasteiger partial charge in [0.1, 0.15) is 30.8 Å². The molecule has 2 heterocycles. The molecule has 2 aliphatic rings. The Balaban J connectivity index is 1.18. The Bertz CT molecular complexity index is 1920. The van der Waals surface area contributed by atoms with E-state index < -0.39 is 0 Å². The van der Waals surface area contributed by atoms with Crippen LogP contribution in [0.5, 0.6) is 23.0 Å². The van der Waals surface area contributed by atoms with E-state index in [0.717, 1.165) is 76.5 Å². The average Bonchev–Trinajstić information content (AvgIpc) is 3.83. The van der Waals surface area contributed by atoms with Gasteiger partial charge in [0.2, 0.25) is 0 Å². The van der Waals surface area contributed by atoms with Gasteiger partial charge in [0, 0.05) is 38.7 Å². The number of hydrogen-bond donors (Lipinski definition) is 0. The van der Waals surface area contributed by atoms with E-state index in [1.54, 1.807) is 18.4 Å². The van der Waals surface area contributed by atoms with Crippen LogP contribution in [0.25, 0.3) is 20.5 Å². The molecule has 266 valence electrons. The van der Waals surface area contributed by atoms with Gasteiger partial charge in [-0.15, -0.1) is 11.3 Å². The Hall–Kier alpha value is -4.37. The number of carbonyl (C=O) groups is 1.